The van der Waals surface area contributed by atoms with E-state index in [1.807, 2.05) is 0 Å². The number of hydrogen-bond donors (Lipinski definition) is 0. The summed E-state index contributed by atoms with van der Waals surface area (Å²) in [6.07, 6.45) is 1.39. The van der Waals surface area contributed by atoms with Crippen LogP contribution in [0, 0.1) is 5.82 Å². The molecule has 0 saturated carbocycles. The smallest absolute Gasteiger partial charge is 0.338 e. The van der Waals surface area contributed by atoms with E-state index in [9.17, 15) is 9.18 Å². The highest BCUT2D eigenvalue weighted by Gasteiger charge is 2.22. The molecule has 0 unspecified atom stereocenters. The van der Waals surface area contributed by atoms with Gasteiger partial charge in [0, 0.05) is 5.56 Å². The van der Waals surface area contributed by atoms with Crippen LogP contribution in [0.2, 0.25) is 0 Å². The Morgan fingerprint density at radius 2 is 1.96 bits per heavy atom. The number of benzene rings is 2. The van der Waals surface area contributed by atoms with Crippen molar-refractivity contribution in [3.8, 4) is 28.7 Å². The fourth-order valence-corrected chi connectivity index (χ4v) is 2.71. The zero-order valence-electron chi connectivity index (χ0n) is 14.9. The van der Waals surface area contributed by atoms with Crippen molar-refractivity contribution in [1.82, 2.24) is 4.98 Å². The Kier molecular flexibility index (Phi) is 4.84. The van der Waals surface area contributed by atoms with Crippen molar-refractivity contribution in [2.75, 3.05) is 20.3 Å². The molecule has 0 bridgehead atoms. The third kappa shape index (κ3) is 3.62. The van der Waals surface area contributed by atoms with Crippen molar-refractivity contribution in [2.45, 2.75) is 6.61 Å². The number of hydrogen-bond acceptors (Lipinski definition) is 7. The highest BCUT2D eigenvalue weighted by Crippen LogP contribution is 2.40. The first-order chi connectivity index (χ1) is 13.6. The van der Waals surface area contributed by atoms with Gasteiger partial charge in [-0.1, -0.05) is 0 Å². The van der Waals surface area contributed by atoms with Crippen molar-refractivity contribution in [1.29, 1.82) is 0 Å². The number of esters is 1. The lowest BCUT2D eigenvalue weighted by Crippen LogP contribution is -2.17. The molecular formula is C20H16FNO6. The minimum Gasteiger partial charge on any atom is -0.493 e. The highest BCUT2D eigenvalue weighted by atomic mass is 19.1. The molecular weight excluding hydrogens is 369 g/mol. The van der Waals surface area contributed by atoms with Crippen LogP contribution in [-0.2, 0) is 11.3 Å². The van der Waals surface area contributed by atoms with Gasteiger partial charge in [0.1, 0.15) is 37.6 Å². The molecule has 4 rings (SSSR count). The Balaban J connectivity index is 1.45. The number of halogens is 1. The van der Waals surface area contributed by atoms with Crippen LogP contribution in [0.25, 0.3) is 11.5 Å². The summed E-state index contributed by atoms with van der Waals surface area (Å²) < 4.78 is 39.9. The standard InChI is InChI=1S/C20H16FNO6/c1-24-16-8-13(9-17-18(16)26-7-6-25-17)20(23)28-11-15-10-27-19(22-15)12-2-4-14(21)5-3-12/h2-5,8-10H,6-7,11H2,1H3. The second-order valence-corrected chi connectivity index (χ2v) is 5.93. The molecule has 0 aliphatic carbocycles. The fraction of sp³-hybridized carbons (Fsp3) is 0.200. The fourth-order valence-electron chi connectivity index (χ4n) is 2.71. The maximum atomic E-state index is 13.0. The Morgan fingerprint density at radius 1 is 1.18 bits per heavy atom. The summed E-state index contributed by atoms with van der Waals surface area (Å²) in [5.41, 5.74) is 1.32. The van der Waals surface area contributed by atoms with Gasteiger partial charge in [0.2, 0.25) is 11.6 Å². The van der Waals surface area contributed by atoms with Crippen LogP contribution in [0.5, 0.6) is 17.2 Å². The zero-order chi connectivity index (χ0) is 19.5. The summed E-state index contributed by atoms with van der Waals surface area (Å²) in [5.74, 6) is 0.681. The number of fused-ring (bicyclic) bond motifs is 1. The quantitative estimate of drug-likeness (QED) is 0.621. The first-order valence-corrected chi connectivity index (χ1v) is 8.49. The van der Waals surface area contributed by atoms with Crippen LogP contribution in [0.15, 0.2) is 47.1 Å². The van der Waals surface area contributed by atoms with E-state index in [-0.39, 0.29) is 18.0 Å². The van der Waals surface area contributed by atoms with E-state index in [1.165, 1.54) is 31.6 Å². The second-order valence-electron chi connectivity index (χ2n) is 5.93. The number of nitrogens with zero attached hydrogens (tertiary/aromatic N) is 1. The van der Waals surface area contributed by atoms with Crippen molar-refractivity contribution in [3.05, 3.63) is 59.7 Å². The topological polar surface area (TPSA) is 80.0 Å². The first-order valence-electron chi connectivity index (χ1n) is 8.49. The van der Waals surface area contributed by atoms with E-state index in [2.05, 4.69) is 4.98 Å². The molecule has 0 N–H and O–H groups in total. The molecule has 28 heavy (non-hydrogen) atoms. The Bertz CT molecular complexity index is 981. The number of aromatic nitrogens is 1. The molecule has 2 heterocycles. The van der Waals surface area contributed by atoms with Gasteiger partial charge in [-0.2, -0.15) is 0 Å². The lowest BCUT2D eigenvalue weighted by Gasteiger charge is -2.21. The second kappa shape index (κ2) is 7.59. The molecule has 3 aromatic rings. The monoisotopic (exact) mass is 385 g/mol. The molecule has 0 spiro atoms. The van der Waals surface area contributed by atoms with Crippen molar-refractivity contribution >= 4 is 5.97 Å². The minimum atomic E-state index is -0.568. The maximum Gasteiger partial charge on any atom is 0.338 e. The SMILES string of the molecule is COc1cc(C(=O)OCc2coc(-c3ccc(F)cc3)n2)cc2c1OCCO2. The lowest BCUT2D eigenvalue weighted by molar-refractivity contribution is 0.0466. The third-order valence-corrected chi connectivity index (χ3v) is 4.06. The Labute approximate surface area is 159 Å². The van der Waals surface area contributed by atoms with Crippen LogP contribution in [0.1, 0.15) is 16.1 Å². The van der Waals surface area contributed by atoms with Crippen LogP contribution in [-0.4, -0.2) is 31.3 Å². The molecule has 8 heteroatoms. The largest absolute Gasteiger partial charge is 0.493 e. The van der Waals surface area contributed by atoms with Crippen molar-refractivity contribution in [3.63, 3.8) is 0 Å². The molecule has 0 amide bonds. The van der Waals surface area contributed by atoms with E-state index in [0.717, 1.165) is 0 Å². The van der Waals surface area contributed by atoms with Gasteiger partial charge in [-0.25, -0.2) is 14.2 Å². The summed E-state index contributed by atoms with van der Waals surface area (Å²) in [7, 11) is 1.48. The normalized spacial score (nSPS) is 12.5. The lowest BCUT2D eigenvalue weighted by atomic mass is 10.1. The number of ether oxygens (including phenoxy) is 4. The third-order valence-electron chi connectivity index (χ3n) is 4.06. The summed E-state index contributed by atoms with van der Waals surface area (Å²) in [6, 6.07) is 8.81. The molecule has 0 fully saturated rings. The van der Waals surface area contributed by atoms with Gasteiger partial charge in [-0.15, -0.1) is 0 Å². The van der Waals surface area contributed by atoms with Gasteiger partial charge in [0.25, 0.3) is 0 Å². The number of oxazole rings is 1. The molecule has 1 aromatic heterocycles. The van der Waals surface area contributed by atoms with Crippen molar-refractivity contribution < 1.29 is 32.5 Å². The van der Waals surface area contributed by atoms with E-state index in [0.29, 0.717) is 47.6 Å². The Morgan fingerprint density at radius 3 is 2.75 bits per heavy atom. The summed E-state index contributed by atoms with van der Waals surface area (Å²) >= 11 is 0. The van der Waals surface area contributed by atoms with Gasteiger partial charge >= 0.3 is 5.97 Å². The van der Waals surface area contributed by atoms with Gasteiger partial charge < -0.3 is 23.4 Å². The van der Waals surface area contributed by atoms with Crippen LogP contribution >= 0.6 is 0 Å². The first kappa shape index (κ1) is 17.8. The molecule has 2 aromatic carbocycles. The summed E-state index contributed by atoms with van der Waals surface area (Å²) in [4.78, 5) is 16.7. The predicted octanol–water partition coefficient (Wildman–Crippen LogP) is 3.62. The van der Waals surface area contributed by atoms with E-state index < -0.39 is 5.97 Å². The molecule has 144 valence electrons. The van der Waals surface area contributed by atoms with Gasteiger partial charge in [0.15, 0.2) is 11.5 Å². The molecule has 1 aliphatic rings. The average molecular weight is 385 g/mol. The predicted molar refractivity (Wildman–Crippen MR) is 95.0 cm³/mol. The Hall–Kier alpha value is -3.55. The van der Waals surface area contributed by atoms with Gasteiger partial charge in [-0.3, -0.25) is 0 Å². The number of carbonyl (C=O) groups is 1. The van der Waals surface area contributed by atoms with Crippen molar-refractivity contribution in [2.24, 2.45) is 0 Å². The zero-order valence-corrected chi connectivity index (χ0v) is 14.9. The van der Waals surface area contributed by atoms with Crippen LogP contribution in [0.3, 0.4) is 0 Å². The molecule has 0 saturated heterocycles. The summed E-state index contributed by atoms with van der Waals surface area (Å²) in [6.45, 7) is 0.718. The van der Waals surface area contributed by atoms with Crippen LogP contribution in [0.4, 0.5) is 4.39 Å². The minimum absolute atomic E-state index is 0.0831. The molecule has 7 nitrogen and oxygen atoms in total. The van der Waals surface area contributed by atoms with E-state index in [4.69, 9.17) is 23.4 Å². The van der Waals surface area contributed by atoms with E-state index >= 15 is 0 Å². The molecule has 1 aliphatic heterocycles. The molecule has 0 radical (unpaired) electrons. The van der Waals surface area contributed by atoms with Crippen LogP contribution < -0.4 is 14.2 Å². The maximum absolute atomic E-state index is 13.0. The number of rotatable bonds is 5. The highest BCUT2D eigenvalue weighted by molar-refractivity contribution is 5.91. The number of methoxy groups -OCH3 is 1. The summed E-state index contributed by atoms with van der Waals surface area (Å²) in [5, 5.41) is 0. The van der Waals surface area contributed by atoms with Gasteiger partial charge in [-0.05, 0) is 36.4 Å². The molecule has 0 atom stereocenters. The van der Waals surface area contributed by atoms with E-state index in [1.54, 1.807) is 18.2 Å². The number of carbonyl (C=O) groups excluding carboxylic acids is 1. The van der Waals surface area contributed by atoms with Gasteiger partial charge in [0.05, 0.1) is 12.7 Å². The average Bonchev–Trinajstić information content (AvgIpc) is 3.20.